The Morgan fingerprint density at radius 2 is 1.80 bits per heavy atom. The van der Waals surface area contributed by atoms with Gasteiger partial charge in [-0.15, -0.1) is 0 Å². The summed E-state index contributed by atoms with van der Waals surface area (Å²) in [5.74, 6) is 1.41. The molecule has 0 aliphatic rings. The average Bonchev–Trinajstić information content (AvgIpc) is 2.69. The Bertz CT molecular complexity index is 556. The first kappa shape index (κ1) is 14.4. The van der Waals surface area contributed by atoms with Gasteiger partial charge in [0.05, 0.1) is 11.8 Å². The number of rotatable bonds is 5. The fraction of sp³-hybridized carbons (Fsp3) is 0.438. The highest BCUT2D eigenvalue weighted by Crippen LogP contribution is 2.26. The second-order valence-electron chi connectivity index (χ2n) is 5.74. The molecule has 0 aliphatic carbocycles. The Kier molecular flexibility index (Phi) is 4.32. The van der Waals surface area contributed by atoms with Crippen LogP contribution in [-0.4, -0.2) is 15.9 Å². The van der Waals surface area contributed by atoms with Crippen molar-refractivity contribution in [1.29, 1.82) is 0 Å². The minimum Gasteiger partial charge on any atom is -0.491 e. The Labute approximate surface area is 120 Å². The number of aromatic nitrogens is 2. The van der Waals surface area contributed by atoms with Crippen LogP contribution < -0.4 is 10.5 Å². The van der Waals surface area contributed by atoms with Gasteiger partial charge in [0.1, 0.15) is 11.4 Å². The molecule has 0 bridgehead atoms. The Balaban J connectivity index is 2.21. The standard InChI is InChI=1S/C16H23N3O/c1-11(2)9-19-10-15(17)16(18-19)13-5-7-14(8-6-13)20-12(3)4/h5-8,10-12H,9,17H2,1-4H3. The van der Waals surface area contributed by atoms with Crippen molar-refractivity contribution in [3.8, 4) is 17.0 Å². The molecule has 108 valence electrons. The van der Waals surface area contributed by atoms with E-state index in [0.717, 1.165) is 23.6 Å². The normalized spacial score (nSPS) is 11.3. The molecule has 20 heavy (non-hydrogen) atoms. The van der Waals surface area contributed by atoms with Crippen molar-refractivity contribution in [3.63, 3.8) is 0 Å². The summed E-state index contributed by atoms with van der Waals surface area (Å²) in [4.78, 5) is 0. The van der Waals surface area contributed by atoms with Gasteiger partial charge in [0, 0.05) is 18.3 Å². The Hall–Kier alpha value is -1.97. The lowest BCUT2D eigenvalue weighted by Gasteiger charge is -2.09. The molecule has 0 atom stereocenters. The summed E-state index contributed by atoms with van der Waals surface area (Å²) in [5.41, 5.74) is 8.61. The van der Waals surface area contributed by atoms with Crippen LogP contribution >= 0.6 is 0 Å². The molecular formula is C16H23N3O. The zero-order chi connectivity index (χ0) is 14.7. The molecule has 0 unspecified atom stereocenters. The molecule has 0 spiro atoms. The minimum absolute atomic E-state index is 0.177. The monoisotopic (exact) mass is 273 g/mol. The van der Waals surface area contributed by atoms with Gasteiger partial charge in [-0.1, -0.05) is 13.8 Å². The van der Waals surface area contributed by atoms with E-state index in [2.05, 4.69) is 18.9 Å². The fourth-order valence-corrected chi connectivity index (χ4v) is 2.09. The molecule has 0 aliphatic heterocycles. The average molecular weight is 273 g/mol. The van der Waals surface area contributed by atoms with Gasteiger partial charge in [-0.25, -0.2) is 0 Å². The molecule has 0 radical (unpaired) electrons. The van der Waals surface area contributed by atoms with Crippen LogP contribution in [0.5, 0.6) is 5.75 Å². The van der Waals surface area contributed by atoms with E-state index >= 15 is 0 Å². The van der Waals surface area contributed by atoms with Gasteiger partial charge < -0.3 is 10.5 Å². The van der Waals surface area contributed by atoms with Crippen LogP contribution in [0.2, 0.25) is 0 Å². The van der Waals surface area contributed by atoms with Crippen molar-refractivity contribution in [1.82, 2.24) is 9.78 Å². The zero-order valence-electron chi connectivity index (χ0n) is 12.6. The molecule has 1 heterocycles. The third kappa shape index (κ3) is 3.53. The summed E-state index contributed by atoms with van der Waals surface area (Å²) in [7, 11) is 0. The van der Waals surface area contributed by atoms with Gasteiger partial charge in [-0.3, -0.25) is 4.68 Å². The maximum Gasteiger partial charge on any atom is 0.119 e. The van der Waals surface area contributed by atoms with Crippen molar-refractivity contribution >= 4 is 5.69 Å². The van der Waals surface area contributed by atoms with Gasteiger partial charge >= 0.3 is 0 Å². The van der Waals surface area contributed by atoms with Crippen molar-refractivity contribution in [3.05, 3.63) is 30.5 Å². The van der Waals surface area contributed by atoms with Crippen LogP contribution in [0, 0.1) is 5.92 Å². The molecule has 1 aromatic carbocycles. The molecule has 4 nitrogen and oxygen atoms in total. The third-order valence-corrected chi connectivity index (χ3v) is 2.84. The summed E-state index contributed by atoms with van der Waals surface area (Å²) in [5, 5.41) is 4.56. The summed E-state index contributed by atoms with van der Waals surface area (Å²) >= 11 is 0. The Morgan fingerprint density at radius 1 is 1.15 bits per heavy atom. The van der Waals surface area contributed by atoms with Crippen LogP contribution in [0.25, 0.3) is 11.3 Å². The van der Waals surface area contributed by atoms with E-state index in [1.807, 2.05) is 49.0 Å². The van der Waals surface area contributed by atoms with Crippen LogP contribution in [0.4, 0.5) is 5.69 Å². The molecule has 1 aromatic heterocycles. The number of hydrogen-bond acceptors (Lipinski definition) is 3. The summed E-state index contributed by atoms with van der Waals surface area (Å²) in [6.07, 6.45) is 2.07. The number of benzene rings is 1. The van der Waals surface area contributed by atoms with E-state index in [-0.39, 0.29) is 6.10 Å². The lowest BCUT2D eigenvalue weighted by molar-refractivity contribution is 0.242. The molecule has 0 saturated heterocycles. The first-order valence-electron chi connectivity index (χ1n) is 7.05. The molecule has 2 aromatic rings. The van der Waals surface area contributed by atoms with Crippen LogP contribution in [0.15, 0.2) is 30.5 Å². The molecule has 2 rings (SSSR count). The number of nitrogens with two attached hydrogens (primary N) is 1. The van der Waals surface area contributed by atoms with Gasteiger partial charge in [0.25, 0.3) is 0 Å². The molecule has 0 saturated carbocycles. The van der Waals surface area contributed by atoms with Crippen LogP contribution in [-0.2, 0) is 6.54 Å². The number of ether oxygens (including phenoxy) is 1. The predicted molar refractivity (Wildman–Crippen MR) is 82.7 cm³/mol. The van der Waals surface area contributed by atoms with E-state index in [1.54, 1.807) is 0 Å². The predicted octanol–water partition coefficient (Wildman–Crippen LogP) is 3.58. The lowest BCUT2D eigenvalue weighted by Crippen LogP contribution is -2.05. The van der Waals surface area contributed by atoms with Crippen LogP contribution in [0.3, 0.4) is 0 Å². The highest BCUT2D eigenvalue weighted by atomic mass is 16.5. The summed E-state index contributed by atoms with van der Waals surface area (Å²) < 4.78 is 7.55. The summed E-state index contributed by atoms with van der Waals surface area (Å²) in [6.45, 7) is 9.23. The van der Waals surface area contributed by atoms with E-state index in [9.17, 15) is 0 Å². The van der Waals surface area contributed by atoms with Gasteiger partial charge in [-0.2, -0.15) is 5.10 Å². The smallest absolute Gasteiger partial charge is 0.119 e. The van der Waals surface area contributed by atoms with Crippen molar-refractivity contribution < 1.29 is 4.74 Å². The number of anilines is 1. The first-order chi connectivity index (χ1) is 9.45. The number of nitrogens with zero attached hydrogens (tertiary/aromatic N) is 2. The lowest BCUT2D eigenvalue weighted by atomic mass is 10.1. The van der Waals surface area contributed by atoms with Gasteiger partial charge in [-0.05, 0) is 44.0 Å². The molecule has 0 amide bonds. The topological polar surface area (TPSA) is 53.1 Å². The van der Waals surface area contributed by atoms with Crippen molar-refractivity contribution in [2.45, 2.75) is 40.3 Å². The number of nitrogen functional groups attached to an aromatic ring is 1. The van der Waals surface area contributed by atoms with Crippen LogP contribution in [0.1, 0.15) is 27.7 Å². The van der Waals surface area contributed by atoms with Gasteiger partial charge in [0.2, 0.25) is 0 Å². The highest BCUT2D eigenvalue weighted by Gasteiger charge is 2.09. The van der Waals surface area contributed by atoms with Crippen molar-refractivity contribution in [2.24, 2.45) is 5.92 Å². The molecule has 0 fully saturated rings. The third-order valence-electron chi connectivity index (χ3n) is 2.84. The number of hydrogen-bond donors (Lipinski definition) is 1. The largest absolute Gasteiger partial charge is 0.491 e. The van der Waals surface area contributed by atoms with Gasteiger partial charge in [0.15, 0.2) is 0 Å². The quantitative estimate of drug-likeness (QED) is 0.906. The molecular weight excluding hydrogens is 250 g/mol. The van der Waals surface area contributed by atoms with E-state index in [1.165, 1.54) is 0 Å². The highest BCUT2D eigenvalue weighted by molar-refractivity contribution is 5.72. The summed E-state index contributed by atoms with van der Waals surface area (Å²) in [6, 6.07) is 7.90. The fourth-order valence-electron chi connectivity index (χ4n) is 2.09. The second kappa shape index (κ2) is 5.99. The molecule has 4 heteroatoms. The minimum atomic E-state index is 0.177. The molecule has 2 N–H and O–H groups in total. The Morgan fingerprint density at radius 3 is 2.35 bits per heavy atom. The second-order valence-corrected chi connectivity index (χ2v) is 5.74. The van der Waals surface area contributed by atoms with E-state index < -0.39 is 0 Å². The van der Waals surface area contributed by atoms with Crippen molar-refractivity contribution in [2.75, 3.05) is 5.73 Å². The SMILES string of the molecule is CC(C)Cn1cc(N)c(-c2ccc(OC(C)C)cc2)n1. The maximum absolute atomic E-state index is 6.05. The van der Waals surface area contributed by atoms with E-state index in [0.29, 0.717) is 11.6 Å². The first-order valence-corrected chi connectivity index (χ1v) is 7.05. The zero-order valence-corrected chi connectivity index (χ0v) is 12.6. The maximum atomic E-state index is 6.05. The van der Waals surface area contributed by atoms with E-state index in [4.69, 9.17) is 10.5 Å².